The first-order valence-corrected chi connectivity index (χ1v) is 11.1. The monoisotopic (exact) mass is 434 g/mol. The molecule has 3 fully saturated rings. The molecule has 0 unspecified atom stereocenters. The second-order valence-electron chi connectivity index (χ2n) is 8.41. The molecule has 1 aromatic rings. The minimum Gasteiger partial charge on any atom is -0.483 e. The van der Waals surface area contributed by atoms with Crippen LogP contribution in [0.15, 0.2) is 30.3 Å². The van der Waals surface area contributed by atoms with E-state index in [1.54, 1.807) is 0 Å². The van der Waals surface area contributed by atoms with Gasteiger partial charge in [0.1, 0.15) is 5.60 Å². The van der Waals surface area contributed by atoms with E-state index in [4.69, 9.17) is 19.4 Å². The second-order valence-corrected chi connectivity index (χ2v) is 8.41. The van der Waals surface area contributed by atoms with Crippen LogP contribution in [0.5, 0.6) is 0 Å². The molecular weight excluding hydrogens is 400 g/mol. The first-order chi connectivity index (χ1) is 15.1. The fraction of sp³-hybridized carbons (Fsp3) is 0.652. The summed E-state index contributed by atoms with van der Waals surface area (Å²) in [5, 5.41) is 18.6. The molecule has 3 saturated heterocycles. The van der Waals surface area contributed by atoms with E-state index in [1.807, 2.05) is 35.2 Å². The van der Waals surface area contributed by atoms with Crippen molar-refractivity contribution in [2.45, 2.75) is 37.3 Å². The molecule has 0 saturated carbocycles. The zero-order chi connectivity index (χ0) is 22.1. The quantitative estimate of drug-likeness (QED) is 0.690. The first-order valence-electron chi connectivity index (χ1n) is 11.1. The molecule has 172 valence electrons. The summed E-state index contributed by atoms with van der Waals surface area (Å²) < 4.78 is 10.9. The Kier molecular flexibility index (Phi) is 8.83. The van der Waals surface area contributed by atoms with Gasteiger partial charge in [0.15, 0.2) is 0 Å². The average Bonchev–Trinajstić information content (AvgIpc) is 2.81. The van der Waals surface area contributed by atoms with E-state index in [-0.39, 0.29) is 18.4 Å². The Hall–Kier alpha value is -2.00. The molecule has 8 nitrogen and oxygen atoms in total. The van der Waals surface area contributed by atoms with E-state index in [0.29, 0.717) is 45.1 Å². The predicted molar refractivity (Wildman–Crippen MR) is 115 cm³/mol. The van der Waals surface area contributed by atoms with Crippen LogP contribution in [-0.2, 0) is 24.7 Å². The molecule has 8 heteroatoms. The lowest BCUT2D eigenvalue weighted by Gasteiger charge is -2.50. The van der Waals surface area contributed by atoms with Gasteiger partial charge in [-0.25, -0.2) is 0 Å². The number of ether oxygens (including phenoxy) is 2. The summed E-state index contributed by atoms with van der Waals surface area (Å²) >= 11 is 0. The minimum atomic E-state index is -0.936. The standard InChI is InChI=1S/C22H32N2O4.CH2O2/c25-21(16-18-6-12-27-13-7-18)24-9-8-22(26,19-4-2-1-3-5-19)20(17-24)23-10-14-28-15-11-23;2-1-3/h1-5,18,20,26H,6-17H2;1H,(H,2,3)/t20-,22+;/m1./s1. The van der Waals surface area contributed by atoms with Gasteiger partial charge < -0.3 is 24.6 Å². The van der Waals surface area contributed by atoms with E-state index in [9.17, 15) is 9.90 Å². The summed E-state index contributed by atoms with van der Waals surface area (Å²) in [5.41, 5.74) is 0.0108. The molecule has 2 atom stereocenters. The summed E-state index contributed by atoms with van der Waals surface area (Å²) in [6.07, 6.45) is 3.11. The number of piperidine rings is 1. The van der Waals surface area contributed by atoms with Crippen LogP contribution in [0.4, 0.5) is 0 Å². The maximum Gasteiger partial charge on any atom is 0.290 e. The third-order valence-corrected chi connectivity index (χ3v) is 6.62. The Morgan fingerprint density at radius 2 is 1.68 bits per heavy atom. The Morgan fingerprint density at radius 1 is 1.06 bits per heavy atom. The number of morpholine rings is 1. The summed E-state index contributed by atoms with van der Waals surface area (Å²) in [6.45, 7) is 5.41. The molecule has 0 aliphatic carbocycles. The number of nitrogens with zero attached hydrogens (tertiary/aromatic N) is 2. The van der Waals surface area contributed by atoms with E-state index >= 15 is 0 Å². The van der Waals surface area contributed by atoms with Gasteiger partial charge in [0.05, 0.1) is 19.3 Å². The summed E-state index contributed by atoms with van der Waals surface area (Å²) in [7, 11) is 0. The first kappa shape index (κ1) is 23.7. The van der Waals surface area contributed by atoms with E-state index in [0.717, 1.165) is 44.7 Å². The van der Waals surface area contributed by atoms with Crippen molar-refractivity contribution in [3.63, 3.8) is 0 Å². The number of aliphatic hydroxyl groups is 1. The van der Waals surface area contributed by atoms with Crippen LogP contribution < -0.4 is 0 Å². The van der Waals surface area contributed by atoms with Crippen molar-refractivity contribution in [3.8, 4) is 0 Å². The van der Waals surface area contributed by atoms with Crippen molar-refractivity contribution in [2.24, 2.45) is 5.92 Å². The highest BCUT2D eigenvalue weighted by atomic mass is 16.5. The van der Waals surface area contributed by atoms with Crippen LogP contribution in [0.3, 0.4) is 0 Å². The van der Waals surface area contributed by atoms with Gasteiger partial charge in [-0.05, 0) is 30.7 Å². The van der Waals surface area contributed by atoms with Gasteiger partial charge in [-0.1, -0.05) is 30.3 Å². The number of carbonyl (C=O) groups is 2. The van der Waals surface area contributed by atoms with Crippen molar-refractivity contribution in [2.75, 3.05) is 52.6 Å². The van der Waals surface area contributed by atoms with Crippen molar-refractivity contribution < 1.29 is 29.3 Å². The van der Waals surface area contributed by atoms with Crippen molar-refractivity contribution in [1.82, 2.24) is 9.80 Å². The van der Waals surface area contributed by atoms with Gasteiger partial charge in [-0.3, -0.25) is 14.5 Å². The Bertz CT molecular complexity index is 691. The molecule has 0 radical (unpaired) electrons. The number of hydrogen-bond acceptors (Lipinski definition) is 6. The van der Waals surface area contributed by atoms with E-state index < -0.39 is 5.60 Å². The molecule has 1 aromatic carbocycles. The molecule has 1 amide bonds. The SMILES string of the molecule is O=C(CC1CCOCC1)N1CC[C@](O)(c2ccccc2)[C@H](N2CCOCC2)C1.O=CO. The fourth-order valence-corrected chi connectivity index (χ4v) is 4.85. The van der Waals surface area contributed by atoms with Crippen molar-refractivity contribution >= 4 is 12.4 Å². The number of carboxylic acid groups (broad SMARTS) is 1. The fourth-order valence-electron chi connectivity index (χ4n) is 4.85. The van der Waals surface area contributed by atoms with Gasteiger partial charge in [0.25, 0.3) is 6.47 Å². The van der Waals surface area contributed by atoms with Gasteiger partial charge >= 0.3 is 0 Å². The van der Waals surface area contributed by atoms with Gasteiger partial charge in [-0.15, -0.1) is 0 Å². The predicted octanol–water partition coefficient (Wildman–Crippen LogP) is 1.32. The lowest BCUT2D eigenvalue weighted by atomic mass is 9.79. The van der Waals surface area contributed by atoms with Crippen molar-refractivity contribution in [3.05, 3.63) is 35.9 Å². The normalized spacial score (nSPS) is 27.8. The van der Waals surface area contributed by atoms with E-state index in [1.165, 1.54) is 0 Å². The molecule has 4 rings (SSSR count). The molecule has 0 bridgehead atoms. The van der Waals surface area contributed by atoms with Crippen LogP contribution in [0.1, 0.15) is 31.2 Å². The van der Waals surface area contributed by atoms with Crippen LogP contribution >= 0.6 is 0 Å². The molecule has 2 N–H and O–H groups in total. The Morgan fingerprint density at radius 3 is 2.32 bits per heavy atom. The van der Waals surface area contributed by atoms with Crippen LogP contribution in [0.25, 0.3) is 0 Å². The maximum atomic E-state index is 13.0. The Balaban J connectivity index is 0.000000858. The minimum absolute atomic E-state index is 0.105. The molecular formula is C23H34N2O6. The molecule has 3 heterocycles. The van der Waals surface area contributed by atoms with Gasteiger partial charge in [-0.2, -0.15) is 0 Å². The Labute approximate surface area is 183 Å². The lowest BCUT2D eigenvalue weighted by Crippen LogP contribution is -2.63. The number of hydrogen-bond donors (Lipinski definition) is 2. The number of rotatable bonds is 4. The van der Waals surface area contributed by atoms with Crippen LogP contribution in [0, 0.1) is 5.92 Å². The average molecular weight is 435 g/mol. The highest BCUT2D eigenvalue weighted by molar-refractivity contribution is 5.76. The second kappa shape index (κ2) is 11.6. The third-order valence-electron chi connectivity index (χ3n) is 6.62. The number of likely N-dealkylation sites (tertiary alicyclic amines) is 1. The summed E-state index contributed by atoms with van der Waals surface area (Å²) in [6, 6.07) is 9.84. The molecule has 0 spiro atoms. The third kappa shape index (κ3) is 6.04. The van der Waals surface area contributed by atoms with E-state index in [2.05, 4.69) is 4.90 Å². The zero-order valence-electron chi connectivity index (χ0n) is 18.0. The highest BCUT2D eigenvalue weighted by Gasteiger charge is 2.47. The summed E-state index contributed by atoms with van der Waals surface area (Å²) in [5.74, 6) is 0.651. The molecule has 0 aromatic heterocycles. The molecule has 31 heavy (non-hydrogen) atoms. The van der Waals surface area contributed by atoms with Crippen LogP contribution in [-0.4, -0.2) is 91.0 Å². The maximum absolute atomic E-state index is 13.0. The topological polar surface area (TPSA) is 99.5 Å². The number of amides is 1. The lowest BCUT2D eigenvalue weighted by molar-refractivity contribution is -0.149. The van der Waals surface area contributed by atoms with Gasteiger partial charge in [0, 0.05) is 45.8 Å². The molecule has 3 aliphatic heterocycles. The largest absolute Gasteiger partial charge is 0.483 e. The zero-order valence-corrected chi connectivity index (χ0v) is 18.0. The van der Waals surface area contributed by atoms with Gasteiger partial charge in [0.2, 0.25) is 5.91 Å². The van der Waals surface area contributed by atoms with Crippen LogP contribution in [0.2, 0.25) is 0 Å². The summed E-state index contributed by atoms with van der Waals surface area (Å²) in [4.78, 5) is 25.7. The smallest absolute Gasteiger partial charge is 0.290 e. The number of benzene rings is 1. The molecule has 3 aliphatic rings. The van der Waals surface area contributed by atoms with Crippen molar-refractivity contribution in [1.29, 1.82) is 0 Å². The highest BCUT2D eigenvalue weighted by Crippen LogP contribution is 2.37. The number of carbonyl (C=O) groups excluding carboxylic acids is 1.